The van der Waals surface area contributed by atoms with Gasteiger partial charge in [0.1, 0.15) is 10.7 Å². The lowest BCUT2D eigenvalue weighted by Crippen LogP contribution is -2.15. The molecule has 0 bridgehead atoms. The van der Waals surface area contributed by atoms with Crippen LogP contribution >= 0.6 is 28.1 Å². The summed E-state index contributed by atoms with van der Waals surface area (Å²) >= 11 is 8.55. The molecule has 0 saturated carbocycles. The predicted octanol–water partition coefficient (Wildman–Crippen LogP) is 4.27. The average Bonchev–Trinajstić information content (AvgIpc) is 2.49. The fourth-order valence-corrected chi connectivity index (χ4v) is 2.59. The van der Waals surface area contributed by atoms with Crippen LogP contribution in [0.4, 0.5) is 5.69 Å². The zero-order valence-electron chi connectivity index (χ0n) is 11.9. The Kier molecular flexibility index (Phi) is 5.20. The first-order valence-corrected chi connectivity index (χ1v) is 7.71. The van der Waals surface area contributed by atoms with E-state index in [9.17, 15) is 0 Å². The highest BCUT2D eigenvalue weighted by Crippen LogP contribution is 2.26. The minimum Gasteiger partial charge on any atom is -0.497 e. The fraction of sp³-hybridized carbons (Fsp3) is 0.188. The van der Waals surface area contributed by atoms with Crippen molar-refractivity contribution >= 4 is 38.8 Å². The van der Waals surface area contributed by atoms with Crippen molar-refractivity contribution in [3.8, 4) is 5.75 Å². The molecule has 0 aliphatic heterocycles. The number of anilines is 1. The van der Waals surface area contributed by atoms with Gasteiger partial charge < -0.3 is 15.8 Å². The van der Waals surface area contributed by atoms with Crippen LogP contribution in [0.2, 0.25) is 0 Å². The van der Waals surface area contributed by atoms with Crippen LogP contribution in [-0.4, -0.2) is 12.1 Å². The molecule has 110 valence electrons. The molecule has 21 heavy (non-hydrogen) atoms. The SMILES string of the molecule is COc1ccc(C(C)Nc2ccc(Br)cc2C(N)=S)cc1. The number of nitrogens with one attached hydrogen (secondary N) is 1. The Hall–Kier alpha value is -1.59. The van der Waals surface area contributed by atoms with E-state index in [4.69, 9.17) is 22.7 Å². The molecule has 0 spiro atoms. The third-order valence-electron chi connectivity index (χ3n) is 3.23. The van der Waals surface area contributed by atoms with Gasteiger partial charge in [0.25, 0.3) is 0 Å². The molecule has 0 radical (unpaired) electrons. The summed E-state index contributed by atoms with van der Waals surface area (Å²) in [4.78, 5) is 0.376. The molecule has 0 aromatic heterocycles. The van der Waals surface area contributed by atoms with Crippen LogP contribution in [0.3, 0.4) is 0 Å². The molecule has 0 saturated heterocycles. The van der Waals surface area contributed by atoms with Crippen molar-refractivity contribution in [3.63, 3.8) is 0 Å². The monoisotopic (exact) mass is 364 g/mol. The average molecular weight is 365 g/mol. The van der Waals surface area contributed by atoms with Crippen LogP contribution in [-0.2, 0) is 0 Å². The summed E-state index contributed by atoms with van der Waals surface area (Å²) < 4.78 is 6.12. The maximum absolute atomic E-state index is 5.79. The lowest BCUT2D eigenvalue weighted by molar-refractivity contribution is 0.414. The van der Waals surface area contributed by atoms with Gasteiger partial charge in [-0.15, -0.1) is 0 Å². The Morgan fingerprint density at radius 2 is 1.90 bits per heavy atom. The van der Waals surface area contributed by atoms with Crippen LogP contribution in [0.15, 0.2) is 46.9 Å². The van der Waals surface area contributed by atoms with Gasteiger partial charge in [-0.25, -0.2) is 0 Å². The van der Waals surface area contributed by atoms with Crippen molar-refractivity contribution in [3.05, 3.63) is 58.1 Å². The molecule has 0 amide bonds. The molecule has 3 N–H and O–H groups in total. The number of halogens is 1. The summed E-state index contributed by atoms with van der Waals surface area (Å²) in [6, 6.07) is 14.0. The molecule has 1 atom stereocenters. The Morgan fingerprint density at radius 1 is 1.24 bits per heavy atom. The molecule has 2 aromatic rings. The highest BCUT2D eigenvalue weighted by atomic mass is 79.9. The first-order chi connectivity index (χ1) is 10.0. The van der Waals surface area contributed by atoms with Crippen molar-refractivity contribution in [2.24, 2.45) is 5.73 Å². The van der Waals surface area contributed by atoms with E-state index in [0.717, 1.165) is 27.0 Å². The molecule has 5 heteroatoms. The zero-order valence-corrected chi connectivity index (χ0v) is 14.3. The van der Waals surface area contributed by atoms with E-state index in [1.807, 2.05) is 42.5 Å². The predicted molar refractivity (Wildman–Crippen MR) is 95.1 cm³/mol. The third-order valence-corrected chi connectivity index (χ3v) is 3.95. The number of thiocarbonyl (C=S) groups is 1. The first-order valence-electron chi connectivity index (χ1n) is 6.51. The number of hydrogen-bond acceptors (Lipinski definition) is 3. The summed E-state index contributed by atoms with van der Waals surface area (Å²) in [5.74, 6) is 0.846. The van der Waals surface area contributed by atoms with Gasteiger partial charge in [-0.1, -0.05) is 40.3 Å². The minimum absolute atomic E-state index is 0.130. The summed E-state index contributed by atoms with van der Waals surface area (Å²) in [6.45, 7) is 2.09. The topological polar surface area (TPSA) is 47.3 Å². The van der Waals surface area contributed by atoms with Gasteiger partial charge in [-0.3, -0.25) is 0 Å². The van der Waals surface area contributed by atoms with E-state index in [-0.39, 0.29) is 6.04 Å². The van der Waals surface area contributed by atoms with E-state index in [0.29, 0.717) is 4.99 Å². The smallest absolute Gasteiger partial charge is 0.118 e. The van der Waals surface area contributed by atoms with Crippen molar-refractivity contribution < 1.29 is 4.74 Å². The number of rotatable bonds is 5. The maximum atomic E-state index is 5.79. The standard InChI is InChI=1S/C16H17BrN2OS/c1-10(11-3-6-13(20-2)7-4-11)19-15-8-5-12(17)9-14(15)16(18)21/h3-10,19H,1-2H3,(H2,18,21). The van der Waals surface area contributed by atoms with Crippen LogP contribution in [0.5, 0.6) is 5.75 Å². The van der Waals surface area contributed by atoms with Gasteiger partial charge in [0.2, 0.25) is 0 Å². The zero-order chi connectivity index (χ0) is 15.4. The van der Waals surface area contributed by atoms with Crippen LogP contribution in [0.25, 0.3) is 0 Å². The molecule has 0 aliphatic carbocycles. The van der Waals surface area contributed by atoms with E-state index in [2.05, 4.69) is 28.2 Å². The van der Waals surface area contributed by atoms with Gasteiger partial charge in [-0.2, -0.15) is 0 Å². The van der Waals surface area contributed by atoms with E-state index in [1.54, 1.807) is 7.11 Å². The number of nitrogens with two attached hydrogens (primary N) is 1. The first kappa shape index (κ1) is 15.8. The molecular formula is C16H17BrN2OS. The summed E-state index contributed by atoms with van der Waals surface area (Å²) in [5.41, 5.74) is 8.71. The minimum atomic E-state index is 0.130. The molecular weight excluding hydrogens is 348 g/mol. The summed E-state index contributed by atoms with van der Waals surface area (Å²) in [5, 5.41) is 3.44. The number of ether oxygens (including phenoxy) is 1. The lowest BCUT2D eigenvalue weighted by atomic mass is 10.1. The lowest BCUT2D eigenvalue weighted by Gasteiger charge is -2.18. The third kappa shape index (κ3) is 3.95. The fourth-order valence-electron chi connectivity index (χ4n) is 2.06. The number of methoxy groups -OCH3 is 1. The van der Waals surface area contributed by atoms with Crippen LogP contribution in [0, 0.1) is 0 Å². The van der Waals surface area contributed by atoms with Crippen LogP contribution < -0.4 is 15.8 Å². The largest absolute Gasteiger partial charge is 0.497 e. The van der Waals surface area contributed by atoms with Gasteiger partial charge >= 0.3 is 0 Å². The number of hydrogen-bond donors (Lipinski definition) is 2. The second kappa shape index (κ2) is 6.91. The molecule has 2 aromatic carbocycles. The maximum Gasteiger partial charge on any atom is 0.118 e. The second-order valence-corrected chi connectivity index (χ2v) is 6.05. The van der Waals surface area contributed by atoms with Gasteiger partial charge in [0.05, 0.1) is 7.11 Å². The Balaban J connectivity index is 2.22. The Bertz CT molecular complexity index is 643. The van der Waals surface area contributed by atoms with Crippen molar-refractivity contribution in [2.45, 2.75) is 13.0 Å². The quantitative estimate of drug-likeness (QED) is 0.777. The molecule has 2 rings (SSSR count). The van der Waals surface area contributed by atoms with E-state index >= 15 is 0 Å². The molecule has 3 nitrogen and oxygen atoms in total. The Labute approximate surface area is 138 Å². The molecule has 0 aliphatic rings. The molecule has 0 heterocycles. The molecule has 0 fully saturated rings. The van der Waals surface area contributed by atoms with Gasteiger partial charge in [-0.05, 0) is 42.8 Å². The van der Waals surface area contributed by atoms with Crippen molar-refractivity contribution in [1.82, 2.24) is 0 Å². The summed E-state index contributed by atoms with van der Waals surface area (Å²) in [6.07, 6.45) is 0. The van der Waals surface area contributed by atoms with Gasteiger partial charge in [0.15, 0.2) is 0 Å². The van der Waals surface area contributed by atoms with Crippen molar-refractivity contribution in [1.29, 1.82) is 0 Å². The Morgan fingerprint density at radius 3 is 2.48 bits per heavy atom. The van der Waals surface area contributed by atoms with E-state index in [1.165, 1.54) is 0 Å². The van der Waals surface area contributed by atoms with E-state index < -0.39 is 0 Å². The second-order valence-electron chi connectivity index (χ2n) is 4.69. The summed E-state index contributed by atoms with van der Waals surface area (Å²) in [7, 11) is 1.66. The molecule has 1 unspecified atom stereocenters. The number of benzene rings is 2. The normalized spacial score (nSPS) is 11.8. The van der Waals surface area contributed by atoms with Crippen LogP contribution in [0.1, 0.15) is 24.1 Å². The van der Waals surface area contributed by atoms with Crippen molar-refractivity contribution in [2.75, 3.05) is 12.4 Å². The van der Waals surface area contributed by atoms with Gasteiger partial charge in [0, 0.05) is 21.8 Å². The highest BCUT2D eigenvalue weighted by Gasteiger charge is 2.10. The highest BCUT2D eigenvalue weighted by molar-refractivity contribution is 9.10.